The van der Waals surface area contributed by atoms with Gasteiger partial charge in [0.2, 0.25) is 0 Å². The van der Waals surface area contributed by atoms with E-state index in [4.69, 9.17) is 15.6 Å². The first kappa shape index (κ1) is 24.4. The predicted molar refractivity (Wildman–Crippen MR) is 145 cm³/mol. The molecule has 1 aliphatic rings. The number of ether oxygens (including phenoxy) is 1. The van der Waals surface area contributed by atoms with Crippen molar-refractivity contribution in [3.05, 3.63) is 106 Å². The molecule has 194 valence electrons. The summed E-state index contributed by atoms with van der Waals surface area (Å²) in [6, 6.07) is 15.5. The zero-order valence-electron chi connectivity index (χ0n) is 20.9. The number of carbonyl (C=O) groups is 1. The maximum atomic E-state index is 14.2. The van der Waals surface area contributed by atoms with Crippen LogP contribution in [-0.2, 0) is 6.42 Å². The first-order valence-corrected chi connectivity index (χ1v) is 12.3. The number of benzene rings is 3. The highest BCUT2D eigenvalue weighted by Gasteiger charge is 2.29. The number of pyridine rings is 1. The molecule has 0 bridgehead atoms. The van der Waals surface area contributed by atoms with Gasteiger partial charge in [-0.25, -0.2) is 9.37 Å². The minimum absolute atomic E-state index is 0.0237. The summed E-state index contributed by atoms with van der Waals surface area (Å²) in [4.78, 5) is 34.2. The van der Waals surface area contributed by atoms with Crippen molar-refractivity contribution in [1.82, 2.24) is 14.5 Å². The summed E-state index contributed by atoms with van der Waals surface area (Å²) in [5.74, 6) is -0.556. The van der Waals surface area contributed by atoms with Crippen LogP contribution in [0.2, 0.25) is 0 Å². The van der Waals surface area contributed by atoms with Crippen molar-refractivity contribution in [2.24, 2.45) is 5.73 Å². The van der Waals surface area contributed by atoms with Crippen LogP contribution in [0.4, 0.5) is 4.39 Å². The molecule has 0 radical (unpaired) electrons. The Hall–Kier alpha value is -4.89. The van der Waals surface area contributed by atoms with Crippen LogP contribution in [0.1, 0.15) is 27.2 Å². The maximum absolute atomic E-state index is 14.2. The molecule has 0 fully saturated rings. The van der Waals surface area contributed by atoms with Gasteiger partial charge in [0.1, 0.15) is 35.7 Å². The van der Waals surface area contributed by atoms with Crippen LogP contribution in [0.15, 0.2) is 71.9 Å². The first-order chi connectivity index (χ1) is 18.9. The smallest absolute Gasteiger partial charge is 0.267 e. The number of aromatic nitrogens is 3. The number of aliphatic hydroxyl groups excluding tert-OH is 1. The molecule has 0 saturated heterocycles. The van der Waals surface area contributed by atoms with Gasteiger partial charge in [-0.2, -0.15) is 0 Å². The lowest BCUT2D eigenvalue weighted by Crippen LogP contribution is -2.20. The highest BCUT2D eigenvalue weighted by atomic mass is 19.1. The molecule has 2 aromatic heterocycles. The lowest BCUT2D eigenvalue weighted by Gasteiger charge is -2.17. The number of carbonyl (C=O) groups excluding carboxylic acids is 1. The number of fused-ring (bicyclic) bond motifs is 4. The molecule has 1 amide bonds. The molecular formula is C30H23FN4O4. The van der Waals surface area contributed by atoms with Gasteiger partial charge in [-0.1, -0.05) is 24.3 Å². The second-order valence-corrected chi connectivity index (χ2v) is 9.31. The van der Waals surface area contributed by atoms with E-state index in [1.807, 2.05) is 37.3 Å². The second kappa shape index (κ2) is 9.45. The van der Waals surface area contributed by atoms with Crippen molar-refractivity contribution in [2.45, 2.75) is 13.3 Å². The second-order valence-electron chi connectivity index (χ2n) is 9.31. The van der Waals surface area contributed by atoms with Crippen LogP contribution < -0.4 is 16.0 Å². The molecule has 0 saturated carbocycles. The molecule has 2 heterocycles. The van der Waals surface area contributed by atoms with E-state index in [2.05, 4.69) is 9.97 Å². The van der Waals surface area contributed by atoms with E-state index in [1.165, 1.54) is 23.0 Å². The Morgan fingerprint density at radius 3 is 2.72 bits per heavy atom. The topological polar surface area (TPSA) is 120 Å². The molecule has 5 aromatic rings. The SMILES string of the molecule is Cc1c(-c2cnc(C(N)=O)c3c2-c2ccc(OCCO)cc2C3)cccc1-n1cnc2c(F)cccc2c1=O. The molecular weight excluding hydrogens is 499 g/mol. The molecule has 39 heavy (non-hydrogen) atoms. The lowest BCUT2D eigenvalue weighted by atomic mass is 9.92. The number of halogens is 1. The number of aliphatic hydroxyl groups is 1. The van der Waals surface area contributed by atoms with Crippen molar-refractivity contribution in [1.29, 1.82) is 0 Å². The van der Waals surface area contributed by atoms with Gasteiger partial charge in [0, 0.05) is 18.2 Å². The minimum Gasteiger partial charge on any atom is -0.491 e. The molecule has 3 N–H and O–H groups in total. The fraction of sp³-hybridized carbons (Fsp3) is 0.133. The molecule has 0 aliphatic heterocycles. The van der Waals surface area contributed by atoms with Gasteiger partial charge in [0.15, 0.2) is 0 Å². The van der Waals surface area contributed by atoms with E-state index in [-0.39, 0.29) is 35.4 Å². The summed E-state index contributed by atoms with van der Waals surface area (Å²) in [5.41, 5.74) is 11.9. The average molecular weight is 523 g/mol. The van der Waals surface area contributed by atoms with Crippen LogP contribution >= 0.6 is 0 Å². The van der Waals surface area contributed by atoms with E-state index in [0.29, 0.717) is 17.9 Å². The third kappa shape index (κ3) is 3.95. The summed E-state index contributed by atoms with van der Waals surface area (Å²) in [6.07, 6.45) is 3.41. The fourth-order valence-corrected chi connectivity index (χ4v) is 5.32. The molecule has 9 heteroatoms. The Bertz CT molecular complexity index is 1870. The average Bonchev–Trinajstić information content (AvgIpc) is 3.31. The molecule has 0 unspecified atom stereocenters. The van der Waals surface area contributed by atoms with E-state index >= 15 is 0 Å². The molecule has 6 rings (SSSR count). The summed E-state index contributed by atoms with van der Waals surface area (Å²) >= 11 is 0. The van der Waals surface area contributed by atoms with Gasteiger partial charge < -0.3 is 15.6 Å². The van der Waals surface area contributed by atoms with Crippen molar-refractivity contribution in [3.8, 4) is 33.7 Å². The quantitative estimate of drug-likeness (QED) is 0.342. The van der Waals surface area contributed by atoms with Gasteiger partial charge in [-0.15, -0.1) is 0 Å². The number of primary amides is 1. The van der Waals surface area contributed by atoms with Gasteiger partial charge in [0.05, 0.1) is 17.7 Å². The highest BCUT2D eigenvalue weighted by Crippen LogP contribution is 2.45. The maximum Gasteiger partial charge on any atom is 0.267 e. The van der Waals surface area contributed by atoms with Crippen LogP contribution in [0.5, 0.6) is 5.75 Å². The predicted octanol–water partition coefficient (Wildman–Crippen LogP) is 3.94. The monoisotopic (exact) mass is 522 g/mol. The van der Waals surface area contributed by atoms with Crippen molar-refractivity contribution in [3.63, 3.8) is 0 Å². The van der Waals surface area contributed by atoms with E-state index in [9.17, 15) is 14.0 Å². The minimum atomic E-state index is -0.617. The van der Waals surface area contributed by atoms with E-state index < -0.39 is 11.7 Å². The number of hydrogen-bond acceptors (Lipinski definition) is 6. The van der Waals surface area contributed by atoms with Crippen LogP contribution in [0, 0.1) is 12.7 Å². The van der Waals surface area contributed by atoms with Crippen molar-refractivity contribution >= 4 is 16.8 Å². The normalized spacial score (nSPS) is 11.9. The Morgan fingerprint density at radius 2 is 1.92 bits per heavy atom. The molecule has 3 aromatic carbocycles. The Balaban J connectivity index is 1.54. The van der Waals surface area contributed by atoms with E-state index in [0.717, 1.165) is 38.9 Å². The van der Waals surface area contributed by atoms with Gasteiger partial charge >= 0.3 is 0 Å². The van der Waals surface area contributed by atoms with Crippen LogP contribution in [0.3, 0.4) is 0 Å². The Kier molecular flexibility index (Phi) is 5.92. The molecule has 8 nitrogen and oxygen atoms in total. The van der Waals surface area contributed by atoms with Crippen molar-refractivity contribution in [2.75, 3.05) is 13.2 Å². The Labute approximate surface area is 222 Å². The number of nitrogens with zero attached hydrogens (tertiary/aromatic N) is 3. The van der Waals surface area contributed by atoms with Gasteiger partial charge in [-0.05, 0) is 70.6 Å². The van der Waals surface area contributed by atoms with E-state index in [1.54, 1.807) is 18.3 Å². The molecule has 0 spiro atoms. The van der Waals surface area contributed by atoms with Gasteiger partial charge in [-0.3, -0.25) is 19.1 Å². The van der Waals surface area contributed by atoms with Crippen molar-refractivity contribution < 1.29 is 19.0 Å². The summed E-state index contributed by atoms with van der Waals surface area (Å²) in [7, 11) is 0. The first-order valence-electron chi connectivity index (χ1n) is 12.3. The number of para-hydroxylation sites is 1. The van der Waals surface area contributed by atoms with Crippen LogP contribution in [-0.4, -0.2) is 38.8 Å². The molecule has 1 aliphatic carbocycles. The lowest BCUT2D eigenvalue weighted by molar-refractivity contribution is 0.0995. The number of amides is 1. The third-order valence-electron chi connectivity index (χ3n) is 7.08. The molecule has 0 atom stereocenters. The fourth-order valence-electron chi connectivity index (χ4n) is 5.32. The number of hydrogen-bond donors (Lipinski definition) is 2. The standard InChI is InChI=1S/C30H23FN4O4/c1-16-19(4-3-7-25(16)35-15-34-27-21(30(35)38)5-2-6-24(27)31)23-14-33-28(29(32)37)22-13-17-12-18(39-11-10-36)8-9-20(17)26(22)23/h2-9,12,14-15,36H,10-11,13H2,1H3,(H2,32,37). The summed E-state index contributed by atoms with van der Waals surface area (Å²) < 4.78 is 21.2. The van der Waals surface area contributed by atoms with Crippen LogP contribution in [0.25, 0.3) is 38.8 Å². The summed E-state index contributed by atoms with van der Waals surface area (Å²) in [5, 5.41) is 9.29. The Morgan fingerprint density at radius 1 is 1.10 bits per heavy atom. The third-order valence-corrected chi connectivity index (χ3v) is 7.08. The van der Waals surface area contributed by atoms with Gasteiger partial charge in [0.25, 0.3) is 11.5 Å². The zero-order chi connectivity index (χ0) is 27.3. The summed E-state index contributed by atoms with van der Waals surface area (Å²) in [6.45, 7) is 1.97. The number of nitrogens with two attached hydrogens (primary N) is 1. The zero-order valence-corrected chi connectivity index (χ0v) is 20.9. The largest absolute Gasteiger partial charge is 0.491 e. The highest BCUT2D eigenvalue weighted by molar-refractivity contribution is 6.00. The number of rotatable bonds is 6.